The summed E-state index contributed by atoms with van der Waals surface area (Å²) < 4.78 is 0. The first-order chi connectivity index (χ1) is 7.50. The number of aliphatic carboxylic acids is 1. The van der Waals surface area contributed by atoms with Crippen molar-refractivity contribution in [1.82, 2.24) is 4.98 Å². The highest BCUT2D eigenvalue weighted by Crippen LogP contribution is 2.13. The minimum Gasteiger partial charge on any atom is -0.481 e. The quantitative estimate of drug-likeness (QED) is 0.695. The van der Waals surface area contributed by atoms with Crippen LogP contribution in [0.5, 0.6) is 0 Å². The number of nitrogen functional groups attached to an aromatic ring is 1. The van der Waals surface area contributed by atoms with Gasteiger partial charge in [-0.2, -0.15) is 0 Å². The number of carboxylic acids is 2. The van der Waals surface area contributed by atoms with Gasteiger partial charge in [-0.1, -0.05) is 12.2 Å². The van der Waals surface area contributed by atoms with Crippen molar-refractivity contribution in [2.45, 2.75) is 6.42 Å². The first-order valence-electron chi connectivity index (χ1n) is 4.38. The third-order valence-electron chi connectivity index (χ3n) is 1.79. The Bertz CT molecular complexity index is 454. The monoisotopic (exact) mass is 222 g/mol. The van der Waals surface area contributed by atoms with Crippen LogP contribution in [-0.2, 0) is 4.79 Å². The van der Waals surface area contributed by atoms with Crippen LogP contribution in [0.4, 0.5) is 5.82 Å². The average molecular weight is 222 g/mol. The first-order valence-corrected chi connectivity index (χ1v) is 4.38. The predicted octanol–water partition coefficient (Wildman–Crippen LogP) is 0.850. The molecule has 6 nitrogen and oxygen atoms in total. The molecule has 0 aliphatic rings. The molecule has 0 spiro atoms. The summed E-state index contributed by atoms with van der Waals surface area (Å²) in [5.41, 5.74) is 5.90. The zero-order valence-electron chi connectivity index (χ0n) is 8.25. The van der Waals surface area contributed by atoms with E-state index in [4.69, 9.17) is 15.9 Å². The molecule has 1 aromatic rings. The van der Waals surface area contributed by atoms with E-state index < -0.39 is 11.9 Å². The number of anilines is 1. The van der Waals surface area contributed by atoms with Gasteiger partial charge in [-0.25, -0.2) is 9.78 Å². The molecular formula is C10H10N2O4. The summed E-state index contributed by atoms with van der Waals surface area (Å²) in [5, 5.41) is 17.1. The number of aromatic nitrogens is 1. The van der Waals surface area contributed by atoms with Crippen molar-refractivity contribution in [2.24, 2.45) is 0 Å². The number of carboxylic acid groups (broad SMARTS) is 2. The van der Waals surface area contributed by atoms with Crippen molar-refractivity contribution in [1.29, 1.82) is 0 Å². The lowest BCUT2D eigenvalue weighted by molar-refractivity contribution is -0.135. The lowest BCUT2D eigenvalue weighted by Gasteiger charge is -2.00. The van der Waals surface area contributed by atoms with E-state index in [0.29, 0.717) is 5.56 Å². The molecule has 0 fully saturated rings. The van der Waals surface area contributed by atoms with Crippen molar-refractivity contribution >= 4 is 23.8 Å². The molecule has 0 saturated carbocycles. The van der Waals surface area contributed by atoms with Gasteiger partial charge < -0.3 is 15.9 Å². The van der Waals surface area contributed by atoms with E-state index >= 15 is 0 Å². The molecule has 84 valence electrons. The summed E-state index contributed by atoms with van der Waals surface area (Å²) in [5.74, 6) is -1.93. The largest absolute Gasteiger partial charge is 0.481 e. The Morgan fingerprint density at radius 3 is 2.69 bits per heavy atom. The topological polar surface area (TPSA) is 114 Å². The molecule has 0 aromatic carbocycles. The molecule has 0 aliphatic heterocycles. The predicted molar refractivity (Wildman–Crippen MR) is 56.9 cm³/mol. The Labute approximate surface area is 91.0 Å². The molecule has 0 radical (unpaired) electrons. The second-order valence-corrected chi connectivity index (χ2v) is 3.00. The van der Waals surface area contributed by atoms with Crippen LogP contribution in [0, 0.1) is 0 Å². The molecule has 16 heavy (non-hydrogen) atoms. The highest BCUT2D eigenvalue weighted by atomic mass is 16.4. The minimum atomic E-state index is -1.11. The number of rotatable bonds is 4. The molecule has 0 aliphatic carbocycles. The molecule has 0 amide bonds. The Kier molecular flexibility index (Phi) is 3.60. The van der Waals surface area contributed by atoms with E-state index in [1.54, 1.807) is 0 Å². The third kappa shape index (κ3) is 3.09. The van der Waals surface area contributed by atoms with Crippen molar-refractivity contribution in [3.63, 3.8) is 0 Å². The maximum Gasteiger partial charge on any atom is 0.337 e. The van der Waals surface area contributed by atoms with Crippen LogP contribution in [0.15, 0.2) is 18.3 Å². The van der Waals surface area contributed by atoms with Gasteiger partial charge in [0.05, 0.1) is 12.0 Å². The molecule has 0 bridgehead atoms. The first kappa shape index (κ1) is 11.7. The maximum atomic E-state index is 10.6. The van der Waals surface area contributed by atoms with Crippen molar-refractivity contribution in [3.05, 3.63) is 29.5 Å². The van der Waals surface area contributed by atoms with Crippen LogP contribution in [0.3, 0.4) is 0 Å². The van der Waals surface area contributed by atoms with Crippen LogP contribution in [-0.4, -0.2) is 27.1 Å². The van der Waals surface area contributed by atoms with E-state index in [9.17, 15) is 9.59 Å². The fourth-order valence-electron chi connectivity index (χ4n) is 1.03. The average Bonchev–Trinajstić information content (AvgIpc) is 2.20. The third-order valence-corrected chi connectivity index (χ3v) is 1.79. The van der Waals surface area contributed by atoms with Crippen LogP contribution in [0.2, 0.25) is 0 Å². The van der Waals surface area contributed by atoms with Crippen LogP contribution < -0.4 is 5.73 Å². The molecule has 1 heterocycles. The van der Waals surface area contributed by atoms with Gasteiger partial charge in [-0.05, 0) is 6.07 Å². The number of aromatic carboxylic acids is 1. The van der Waals surface area contributed by atoms with Gasteiger partial charge >= 0.3 is 11.9 Å². The van der Waals surface area contributed by atoms with Crippen LogP contribution >= 0.6 is 0 Å². The van der Waals surface area contributed by atoms with E-state index in [1.807, 2.05) is 0 Å². The standard InChI is InChI=1S/C10H10N2O4/c11-9-6(2-1-3-8(13)14)4-7(5-12-9)10(15)16/h1-2,4-5H,3H2,(H2,11,12)(H,13,14)(H,15,16). The van der Waals surface area contributed by atoms with Gasteiger partial charge in [0.25, 0.3) is 0 Å². The SMILES string of the molecule is Nc1ncc(C(=O)O)cc1C=CCC(=O)O. The van der Waals surface area contributed by atoms with Gasteiger partial charge in [-0.3, -0.25) is 4.79 Å². The minimum absolute atomic E-state index is 0.00387. The highest BCUT2D eigenvalue weighted by molar-refractivity contribution is 5.88. The molecule has 0 saturated heterocycles. The smallest absolute Gasteiger partial charge is 0.337 e. The van der Waals surface area contributed by atoms with E-state index in [-0.39, 0.29) is 17.8 Å². The number of pyridine rings is 1. The second-order valence-electron chi connectivity index (χ2n) is 3.00. The number of nitrogens with two attached hydrogens (primary N) is 1. The lowest BCUT2D eigenvalue weighted by Crippen LogP contribution is -2.01. The summed E-state index contributed by atoms with van der Waals surface area (Å²) in [6.07, 6.45) is 3.80. The van der Waals surface area contributed by atoms with Gasteiger partial charge in [0.1, 0.15) is 5.82 Å². The van der Waals surface area contributed by atoms with E-state index in [0.717, 1.165) is 6.20 Å². The van der Waals surface area contributed by atoms with Gasteiger partial charge in [0.2, 0.25) is 0 Å². The van der Waals surface area contributed by atoms with E-state index in [2.05, 4.69) is 4.98 Å². The molecule has 1 aromatic heterocycles. The second kappa shape index (κ2) is 4.92. The van der Waals surface area contributed by atoms with Crippen molar-refractivity contribution in [3.8, 4) is 0 Å². The van der Waals surface area contributed by atoms with Crippen molar-refractivity contribution in [2.75, 3.05) is 5.73 Å². The number of hydrogen-bond donors (Lipinski definition) is 3. The molecule has 4 N–H and O–H groups in total. The number of nitrogens with zero attached hydrogens (tertiary/aromatic N) is 1. The van der Waals surface area contributed by atoms with Crippen LogP contribution in [0.25, 0.3) is 6.08 Å². The lowest BCUT2D eigenvalue weighted by atomic mass is 10.1. The number of carbonyl (C=O) groups is 2. The Morgan fingerprint density at radius 1 is 1.44 bits per heavy atom. The normalized spacial score (nSPS) is 10.5. The molecule has 0 unspecified atom stereocenters. The summed E-state index contributed by atoms with van der Waals surface area (Å²) in [6, 6.07) is 1.34. The molecule has 6 heteroatoms. The molecular weight excluding hydrogens is 212 g/mol. The van der Waals surface area contributed by atoms with Gasteiger partial charge in [0.15, 0.2) is 0 Å². The fraction of sp³-hybridized carbons (Fsp3) is 0.100. The number of hydrogen-bond acceptors (Lipinski definition) is 4. The summed E-state index contributed by atoms with van der Waals surface area (Å²) in [4.78, 5) is 24.6. The van der Waals surface area contributed by atoms with E-state index in [1.165, 1.54) is 18.2 Å². The summed E-state index contributed by atoms with van der Waals surface area (Å²) in [6.45, 7) is 0. The highest BCUT2D eigenvalue weighted by Gasteiger charge is 2.05. The molecule has 0 atom stereocenters. The summed E-state index contributed by atoms with van der Waals surface area (Å²) in [7, 11) is 0. The summed E-state index contributed by atoms with van der Waals surface area (Å²) >= 11 is 0. The van der Waals surface area contributed by atoms with Gasteiger partial charge in [0, 0.05) is 11.8 Å². The molecule has 1 rings (SSSR count). The Hall–Kier alpha value is -2.37. The zero-order valence-corrected chi connectivity index (χ0v) is 8.25. The Morgan fingerprint density at radius 2 is 2.12 bits per heavy atom. The maximum absolute atomic E-state index is 10.6. The van der Waals surface area contributed by atoms with Crippen molar-refractivity contribution < 1.29 is 19.8 Å². The Balaban J connectivity index is 2.94. The van der Waals surface area contributed by atoms with Crippen LogP contribution in [0.1, 0.15) is 22.3 Å². The fourth-order valence-corrected chi connectivity index (χ4v) is 1.03. The zero-order chi connectivity index (χ0) is 12.1. The van der Waals surface area contributed by atoms with Gasteiger partial charge in [-0.15, -0.1) is 0 Å².